The van der Waals surface area contributed by atoms with Crippen LogP contribution in [0, 0.1) is 13.8 Å². The fourth-order valence-electron chi connectivity index (χ4n) is 2.09. The van der Waals surface area contributed by atoms with Gasteiger partial charge in [-0.25, -0.2) is 0 Å². The molecule has 0 fully saturated rings. The van der Waals surface area contributed by atoms with E-state index in [1.165, 1.54) is 5.56 Å². The smallest absolute Gasteiger partial charge is 0.257 e. The number of nitrogens with one attached hydrogen (secondary N) is 1. The minimum Gasteiger partial charge on any atom is -0.334 e. The topological polar surface area (TPSA) is 49.0 Å². The molecule has 1 N–H and O–H groups in total. The summed E-state index contributed by atoms with van der Waals surface area (Å²) in [6.45, 7) is 7.21. The van der Waals surface area contributed by atoms with Gasteiger partial charge in [0.05, 0.1) is 11.8 Å². The van der Waals surface area contributed by atoms with Gasteiger partial charge in [0.2, 0.25) is 0 Å². The van der Waals surface area contributed by atoms with Gasteiger partial charge >= 0.3 is 0 Å². The van der Waals surface area contributed by atoms with Crippen LogP contribution in [0.5, 0.6) is 0 Å². The van der Waals surface area contributed by atoms with Gasteiger partial charge < -0.3 is 4.90 Å². The summed E-state index contributed by atoms with van der Waals surface area (Å²) in [5, 5.41) is 6.71. The van der Waals surface area contributed by atoms with Gasteiger partial charge in [-0.05, 0) is 26.3 Å². The molecule has 0 aliphatic carbocycles. The number of aromatic amines is 1. The fraction of sp³-hybridized carbons (Fsp3) is 0.333. The number of rotatable bonds is 4. The summed E-state index contributed by atoms with van der Waals surface area (Å²) >= 11 is 0. The van der Waals surface area contributed by atoms with Crippen LogP contribution < -0.4 is 0 Å². The van der Waals surface area contributed by atoms with E-state index in [4.69, 9.17) is 0 Å². The molecule has 19 heavy (non-hydrogen) atoms. The predicted octanol–water partition coefficient (Wildman–Crippen LogP) is 2.69. The Morgan fingerprint density at radius 2 is 2.16 bits per heavy atom. The minimum atomic E-state index is 0.0234. The summed E-state index contributed by atoms with van der Waals surface area (Å²) in [6.07, 6.45) is 1.59. The first-order valence-corrected chi connectivity index (χ1v) is 6.46. The molecule has 0 bridgehead atoms. The summed E-state index contributed by atoms with van der Waals surface area (Å²) in [4.78, 5) is 14.2. The SMILES string of the molecule is CCN(Cc1cccc(C)c1)C(=O)c1cn[nH]c1C. The van der Waals surface area contributed by atoms with Crippen molar-refractivity contribution in [2.24, 2.45) is 0 Å². The van der Waals surface area contributed by atoms with E-state index >= 15 is 0 Å². The molecule has 4 heteroatoms. The molecule has 0 atom stereocenters. The molecule has 2 rings (SSSR count). The van der Waals surface area contributed by atoms with Crippen molar-refractivity contribution in [2.45, 2.75) is 27.3 Å². The zero-order chi connectivity index (χ0) is 13.8. The van der Waals surface area contributed by atoms with E-state index in [0.717, 1.165) is 11.3 Å². The summed E-state index contributed by atoms with van der Waals surface area (Å²) in [7, 11) is 0. The zero-order valence-corrected chi connectivity index (χ0v) is 11.6. The first kappa shape index (κ1) is 13.3. The van der Waals surface area contributed by atoms with Crippen molar-refractivity contribution in [1.82, 2.24) is 15.1 Å². The van der Waals surface area contributed by atoms with Crippen LogP contribution in [0.4, 0.5) is 0 Å². The molecule has 0 aliphatic heterocycles. The fourth-order valence-corrected chi connectivity index (χ4v) is 2.09. The van der Waals surface area contributed by atoms with E-state index in [0.29, 0.717) is 18.7 Å². The van der Waals surface area contributed by atoms with Crippen molar-refractivity contribution in [3.05, 3.63) is 52.8 Å². The van der Waals surface area contributed by atoms with Crippen LogP contribution in [0.25, 0.3) is 0 Å². The standard InChI is InChI=1S/C15H19N3O/c1-4-18(10-13-7-5-6-11(2)8-13)15(19)14-9-16-17-12(14)3/h5-9H,4,10H2,1-3H3,(H,16,17). The summed E-state index contributed by atoms with van der Waals surface area (Å²) in [5.74, 6) is 0.0234. The van der Waals surface area contributed by atoms with Gasteiger partial charge in [0.15, 0.2) is 0 Å². The van der Waals surface area contributed by atoms with E-state index in [1.54, 1.807) is 6.20 Å². The van der Waals surface area contributed by atoms with Crippen molar-refractivity contribution in [3.8, 4) is 0 Å². The zero-order valence-electron chi connectivity index (χ0n) is 11.6. The van der Waals surface area contributed by atoms with Crippen LogP contribution in [-0.2, 0) is 6.54 Å². The second kappa shape index (κ2) is 5.69. The first-order valence-electron chi connectivity index (χ1n) is 6.46. The molecule has 1 aromatic heterocycles. The number of aryl methyl sites for hydroxylation is 2. The Hall–Kier alpha value is -2.10. The maximum absolute atomic E-state index is 12.4. The van der Waals surface area contributed by atoms with E-state index < -0.39 is 0 Å². The van der Waals surface area contributed by atoms with Gasteiger partial charge in [-0.15, -0.1) is 0 Å². The molecule has 1 amide bonds. The van der Waals surface area contributed by atoms with Gasteiger partial charge in [-0.3, -0.25) is 9.89 Å². The van der Waals surface area contributed by atoms with Crippen LogP contribution in [0.3, 0.4) is 0 Å². The second-order valence-corrected chi connectivity index (χ2v) is 4.72. The normalized spacial score (nSPS) is 10.5. The van der Waals surface area contributed by atoms with Crippen molar-refractivity contribution in [3.63, 3.8) is 0 Å². The molecule has 0 spiro atoms. The number of hydrogen-bond donors (Lipinski definition) is 1. The van der Waals surface area contributed by atoms with Gasteiger partial charge in [0.25, 0.3) is 5.91 Å². The summed E-state index contributed by atoms with van der Waals surface area (Å²) in [6, 6.07) is 8.23. The van der Waals surface area contributed by atoms with E-state index in [1.807, 2.05) is 30.9 Å². The largest absolute Gasteiger partial charge is 0.334 e. The number of H-pyrrole nitrogens is 1. The van der Waals surface area contributed by atoms with Crippen molar-refractivity contribution < 1.29 is 4.79 Å². The molecular weight excluding hydrogens is 238 g/mol. The highest BCUT2D eigenvalue weighted by Crippen LogP contribution is 2.12. The van der Waals surface area contributed by atoms with Gasteiger partial charge in [0, 0.05) is 18.8 Å². The lowest BCUT2D eigenvalue weighted by Crippen LogP contribution is -2.30. The van der Waals surface area contributed by atoms with Crippen molar-refractivity contribution in [1.29, 1.82) is 0 Å². The molecular formula is C15H19N3O. The molecule has 0 radical (unpaired) electrons. The average molecular weight is 257 g/mol. The highest BCUT2D eigenvalue weighted by Gasteiger charge is 2.17. The first-order chi connectivity index (χ1) is 9.11. The van der Waals surface area contributed by atoms with Crippen molar-refractivity contribution in [2.75, 3.05) is 6.54 Å². The molecule has 0 saturated heterocycles. The number of benzene rings is 1. The van der Waals surface area contributed by atoms with E-state index in [2.05, 4.69) is 29.3 Å². The number of amides is 1. The molecule has 100 valence electrons. The number of hydrogen-bond acceptors (Lipinski definition) is 2. The van der Waals surface area contributed by atoms with Crippen LogP contribution in [0.2, 0.25) is 0 Å². The Kier molecular flexibility index (Phi) is 4.00. The summed E-state index contributed by atoms with van der Waals surface area (Å²) < 4.78 is 0. The lowest BCUT2D eigenvalue weighted by Gasteiger charge is -2.21. The lowest BCUT2D eigenvalue weighted by atomic mass is 10.1. The minimum absolute atomic E-state index is 0.0234. The Morgan fingerprint density at radius 3 is 2.74 bits per heavy atom. The van der Waals surface area contributed by atoms with Crippen LogP contribution >= 0.6 is 0 Å². The monoisotopic (exact) mass is 257 g/mol. The van der Waals surface area contributed by atoms with E-state index in [9.17, 15) is 4.79 Å². The average Bonchev–Trinajstić information content (AvgIpc) is 2.81. The van der Waals surface area contributed by atoms with Crippen molar-refractivity contribution >= 4 is 5.91 Å². The van der Waals surface area contributed by atoms with Gasteiger partial charge in [0.1, 0.15) is 0 Å². The maximum Gasteiger partial charge on any atom is 0.257 e. The van der Waals surface area contributed by atoms with Crippen LogP contribution in [0.15, 0.2) is 30.5 Å². The highest BCUT2D eigenvalue weighted by atomic mass is 16.2. The van der Waals surface area contributed by atoms with Crippen LogP contribution in [-0.4, -0.2) is 27.5 Å². The predicted molar refractivity (Wildman–Crippen MR) is 74.9 cm³/mol. The number of carbonyl (C=O) groups excluding carboxylic acids is 1. The van der Waals surface area contributed by atoms with Crippen LogP contribution in [0.1, 0.15) is 34.1 Å². The Morgan fingerprint density at radius 1 is 1.37 bits per heavy atom. The maximum atomic E-state index is 12.4. The summed E-state index contributed by atoms with van der Waals surface area (Å²) in [5.41, 5.74) is 3.82. The Balaban J connectivity index is 2.17. The third-order valence-electron chi connectivity index (χ3n) is 3.19. The lowest BCUT2D eigenvalue weighted by molar-refractivity contribution is 0.0752. The molecule has 2 aromatic rings. The molecule has 1 aromatic carbocycles. The highest BCUT2D eigenvalue weighted by molar-refractivity contribution is 5.94. The molecule has 0 aliphatic rings. The Bertz CT molecular complexity index is 574. The Labute approximate surface area is 113 Å². The molecule has 1 heterocycles. The van der Waals surface area contributed by atoms with Gasteiger partial charge in [-0.2, -0.15) is 5.10 Å². The number of carbonyl (C=O) groups is 1. The van der Waals surface area contributed by atoms with E-state index in [-0.39, 0.29) is 5.91 Å². The number of nitrogens with zero attached hydrogens (tertiary/aromatic N) is 2. The number of aromatic nitrogens is 2. The third-order valence-corrected chi connectivity index (χ3v) is 3.19. The molecule has 4 nitrogen and oxygen atoms in total. The quantitative estimate of drug-likeness (QED) is 0.915. The third kappa shape index (κ3) is 3.02. The molecule has 0 saturated carbocycles. The van der Waals surface area contributed by atoms with Gasteiger partial charge in [-0.1, -0.05) is 29.8 Å². The molecule has 0 unspecified atom stereocenters. The second-order valence-electron chi connectivity index (χ2n) is 4.72.